The number of nitrogens with zero attached hydrogens (tertiary/aromatic N) is 1. The monoisotopic (exact) mass is 262 g/mol. The predicted molar refractivity (Wildman–Crippen MR) is 72.8 cm³/mol. The maximum Gasteiger partial charge on any atom is 0.120 e. The molecule has 1 aromatic carbocycles. The maximum atomic E-state index is 6.06. The van der Waals surface area contributed by atoms with E-state index in [-0.39, 0.29) is 0 Å². The smallest absolute Gasteiger partial charge is 0.120 e. The van der Waals surface area contributed by atoms with Gasteiger partial charge in [-0.1, -0.05) is 23.7 Å². The van der Waals surface area contributed by atoms with Crippen molar-refractivity contribution in [2.45, 2.75) is 13.0 Å². The van der Waals surface area contributed by atoms with Crippen LogP contribution in [0.3, 0.4) is 0 Å². The molecule has 0 saturated carbocycles. The summed E-state index contributed by atoms with van der Waals surface area (Å²) < 4.78 is 5.64. The molecule has 0 aliphatic rings. The van der Waals surface area contributed by atoms with Crippen molar-refractivity contribution in [2.24, 2.45) is 5.73 Å². The molecule has 0 atom stereocenters. The van der Waals surface area contributed by atoms with Crippen molar-refractivity contribution >= 4 is 11.6 Å². The first-order valence-electron chi connectivity index (χ1n) is 5.80. The molecule has 1 heterocycles. The number of rotatable bonds is 5. The van der Waals surface area contributed by atoms with Crippen LogP contribution in [0.1, 0.15) is 11.1 Å². The highest BCUT2D eigenvalue weighted by Gasteiger charge is 2.01. The minimum absolute atomic E-state index is 0.439. The van der Waals surface area contributed by atoms with Gasteiger partial charge in [0.05, 0.1) is 6.61 Å². The van der Waals surface area contributed by atoms with Crippen LogP contribution < -0.4 is 10.5 Å². The van der Waals surface area contributed by atoms with Crippen molar-refractivity contribution in [1.82, 2.24) is 4.98 Å². The second-order valence-corrected chi connectivity index (χ2v) is 4.32. The van der Waals surface area contributed by atoms with Crippen LogP contribution in [0.25, 0.3) is 0 Å². The molecule has 3 nitrogen and oxygen atoms in total. The van der Waals surface area contributed by atoms with Crippen LogP contribution in [0, 0.1) is 0 Å². The largest absolute Gasteiger partial charge is 0.493 e. The van der Waals surface area contributed by atoms with Crippen molar-refractivity contribution < 1.29 is 4.74 Å². The molecule has 0 radical (unpaired) electrons. The molecule has 0 bridgehead atoms. The Morgan fingerprint density at radius 3 is 2.83 bits per heavy atom. The Hall–Kier alpha value is -1.58. The summed E-state index contributed by atoms with van der Waals surface area (Å²) >= 11 is 6.06. The van der Waals surface area contributed by atoms with Crippen LogP contribution >= 0.6 is 11.6 Å². The fourth-order valence-corrected chi connectivity index (χ4v) is 1.86. The van der Waals surface area contributed by atoms with E-state index in [9.17, 15) is 0 Å². The normalized spacial score (nSPS) is 10.3. The quantitative estimate of drug-likeness (QED) is 0.901. The van der Waals surface area contributed by atoms with E-state index in [1.54, 1.807) is 12.3 Å². The lowest BCUT2D eigenvalue weighted by Gasteiger charge is -2.08. The van der Waals surface area contributed by atoms with Gasteiger partial charge in [0, 0.05) is 30.4 Å². The van der Waals surface area contributed by atoms with Crippen LogP contribution in [0.2, 0.25) is 5.02 Å². The topological polar surface area (TPSA) is 48.1 Å². The van der Waals surface area contributed by atoms with E-state index in [0.717, 1.165) is 23.3 Å². The highest BCUT2D eigenvalue weighted by molar-refractivity contribution is 6.31. The number of halogens is 1. The molecule has 0 amide bonds. The summed E-state index contributed by atoms with van der Waals surface area (Å²) in [5, 5.41) is 0.649. The second kappa shape index (κ2) is 6.38. The first kappa shape index (κ1) is 12.9. The third-order valence-electron chi connectivity index (χ3n) is 2.63. The lowest BCUT2D eigenvalue weighted by atomic mass is 10.2. The number of nitrogens with two attached hydrogens (primary N) is 1. The van der Waals surface area contributed by atoms with Gasteiger partial charge in [0.25, 0.3) is 0 Å². The number of ether oxygens (including phenoxy) is 1. The highest BCUT2D eigenvalue weighted by Crippen LogP contribution is 2.22. The zero-order valence-electron chi connectivity index (χ0n) is 9.97. The lowest BCUT2D eigenvalue weighted by Crippen LogP contribution is -2.02. The van der Waals surface area contributed by atoms with E-state index >= 15 is 0 Å². The van der Waals surface area contributed by atoms with Gasteiger partial charge in [0.15, 0.2) is 0 Å². The van der Waals surface area contributed by atoms with Gasteiger partial charge in [0.1, 0.15) is 5.75 Å². The third-order valence-corrected chi connectivity index (χ3v) is 2.98. The average Bonchev–Trinajstić information content (AvgIpc) is 2.40. The van der Waals surface area contributed by atoms with Gasteiger partial charge in [0.2, 0.25) is 0 Å². The summed E-state index contributed by atoms with van der Waals surface area (Å²) in [6.45, 7) is 1.04. The van der Waals surface area contributed by atoms with Crippen molar-refractivity contribution in [1.29, 1.82) is 0 Å². The number of hydrogen-bond donors (Lipinski definition) is 1. The molecule has 0 saturated heterocycles. The molecule has 4 heteroatoms. The number of benzene rings is 1. The molecule has 0 aliphatic heterocycles. The molecule has 2 aromatic rings. The summed E-state index contributed by atoms with van der Waals surface area (Å²) in [4.78, 5) is 4.06. The minimum atomic E-state index is 0.439. The van der Waals surface area contributed by atoms with Gasteiger partial charge in [-0.15, -0.1) is 0 Å². The van der Waals surface area contributed by atoms with Crippen molar-refractivity contribution in [3.63, 3.8) is 0 Å². The molecule has 1 aromatic heterocycles. The van der Waals surface area contributed by atoms with E-state index in [2.05, 4.69) is 4.98 Å². The Labute approximate surface area is 112 Å². The predicted octanol–water partition coefficient (Wildman–Crippen LogP) is 2.82. The number of aromatic nitrogens is 1. The van der Waals surface area contributed by atoms with Gasteiger partial charge >= 0.3 is 0 Å². The van der Waals surface area contributed by atoms with Gasteiger partial charge in [-0.05, 0) is 29.3 Å². The van der Waals surface area contributed by atoms with Gasteiger partial charge in [-0.25, -0.2) is 0 Å². The Bertz CT molecular complexity index is 502. The molecular formula is C14H15ClN2O. The van der Waals surface area contributed by atoms with E-state index in [1.165, 1.54) is 0 Å². The Morgan fingerprint density at radius 2 is 2.17 bits per heavy atom. The van der Waals surface area contributed by atoms with Crippen LogP contribution in [0.5, 0.6) is 5.75 Å². The van der Waals surface area contributed by atoms with E-state index in [0.29, 0.717) is 18.2 Å². The lowest BCUT2D eigenvalue weighted by molar-refractivity contribution is 0.322. The number of pyridine rings is 1. The molecule has 0 spiro atoms. The van der Waals surface area contributed by atoms with Crippen LogP contribution in [0.15, 0.2) is 42.7 Å². The minimum Gasteiger partial charge on any atom is -0.493 e. The van der Waals surface area contributed by atoms with Gasteiger partial charge in [-0.2, -0.15) is 0 Å². The molecule has 0 aliphatic carbocycles. The molecular weight excluding hydrogens is 248 g/mol. The second-order valence-electron chi connectivity index (χ2n) is 3.92. The zero-order valence-corrected chi connectivity index (χ0v) is 10.7. The summed E-state index contributed by atoms with van der Waals surface area (Å²) in [5.41, 5.74) is 7.63. The summed E-state index contributed by atoms with van der Waals surface area (Å²) in [7, 11) is 0. The van der Waals surface area contributed by atoms with Gasteiger partial charge < -0.3 is 10.5 Å². The van der Waals surface area contributed by atoms with E-state index in [4.69, 9.17) is 22.1 Å². The third kappa shape index (κ3) is 3.45. The summed E-state index contributed by atoms with van der Waals surface area (Å²) in [6, 6.07) is 9.52. The molecule has 2 rings (SSSR count). The van der Waals surface area contributed by atoms with Crippen molar-refractivity contribution in [3.8, 4) is 5.75 Å². The van der Waals surface area contributed by atoms with Gasteiger partial charge in [-0.3, -0.25) is 4.98 Å². The fourth-order valence-electron chi connectivity index (χ4n) is 1.62. The SMILES string of the molecule is NCc1ccc(OCCc2cccnc2)cc1Cl. The molecule has 0 fully saturated rings. The van der Waals surface area contributed by atoms with Crippen molar-refractivity contribution in [3.05, 3.63) is 58.9 Å². The standard InChI is InChI=1S/C14H15ClN2O/c15-14-8-13(4-3-12(14)9-16)18-7-5-11-2-1-6-17-10-11/h1-4,6,8,10H,5,7,9,16H2. The first-order chi connectivity index (χ1) is 8.79. The fraction of sp³-hybridized carbons (Fsp3) is 0.214. The van der Waals surface area contributed by atoms with Crippen LogP contribution in [-0.2, 0) is 13.0 Å². The molecule has 18 heavy (non-hydrogen) atoms. The molecule has 0 unspecified atom stereocenters. The molecule has 2 N–H and O–H groups in total. The van der Waals surface area contributed by atoms with E-state index in [1.807, 2.05) is 30.5 Å². The summed E-state index contributed by atoms with van der Waals surface area (Å²) in [6.07, 6.45) is 4.42. The Balaban J connectivity index is 1.89. The zero-order chi connectivity index (χ0) is 12.8. The average molecular weight is 263 g/mol. The maximum absolute atomic E-state index is 6.06. The Kier molecular flexibility index (Phi) is 4.56. The van der Waals surface area contributed by atoms with Crippen LogP contribution in [-0.4, -0.2) is 11.6 Å². The molecule has 94 valence electrons. The summed E-state index contributed by atoms with van der Waals surface area (Å²) in [5.74, 6) is 0.765. The van der Waals surface area contributed by atoms with Crippen LogP contribution in [0.4, 0.5) is 0 Å². The van der Waals surface area contributed by atoms with Crippen molar-refractivity contribution in [2.75, 3.05) is 6.61 Å². The Morgan fingerprint density at radius 1 is 1.28 bits per heavy atom. The number of hydrogen-bond acceptors (Lipinski definition) is 3. The van der Waals surface area contributed by atoms with E-state index < -0.39 is 0 Å². The highest BCUT2D eigenvalue weighted by atomic mass is 35.5. The first-order valence-corrected chi connectivity index (χ1v) is 6.17.